The predicted octanol–water partition coefficient (Wildman–Crippen LogP) is 4.63. The largest absolute Gasteiger partial charge is 0.572 e. The third-order valence-electron chi connectivity index (χ3n) is 8.73. The Bertz CT molecular complexity index is 2010. The van der Waals surface area contributed by atoms with Crippen molar-refractivity contribution in [1.29, 1.82) is 0 Å². The van der Waals surface area contributed by atoms with Crippen LogP contribution >= 0.6 is 31.9 Å². The number of carbonyl (C=O) groups is 2. The number of benzene rings is 2. The Morgan fingerprint density at radius 3 is 1.77 bits per heavy atom. The predicted molar refractivity (Wildman–Crippen MR) is 180 cm³/mol. The molecule has 2 atom stereocenters. The summed E-state index contributed by atoms with van der Waals surface area (Å²) in [6.07, 6.45) is -8.86. The van der Waals surface area contributed by atoms with E-state index in [1.54, 1.807) is 0 Å². The zero-order valence-electron chi connectivity index (χ0n) is 28.7. The molecule has 12 nitrogen and oxygen atoms in total. The lowest BCUT2D eigenvalue weighted by Gasteiger charge is -2.29. The molecule has 304 valence electrons. The Hall–Kier alpha value is -4.16. The summed E-state index contributed by atoms with van der Waals surface area (Å²) in [7, 11) is 0. The highest BCUT2D eigenvalue weighted by molar-refractivity contribution is 9.10. The Kier molecular flexibility index (Phi) is 13.2. The number of nitrogens with two attached hydrogens (primary N) is 2. The van der Waals surface area contributed by atoms with Crippen molar-refractivity contribution in [2.75, 3.05) is 13.1 Å². The summed E-state index contributed by atoms with van der Waals surface area (Å²) >= 11 is 5.75. The molecule has 4 aromatic rings. The van der Waals surface area contributed by atoms with Gasteiger partial charge in [-0.15, -0.1) is 23.4 Å². The quantitative estimate of drug-likeness (QED) is 0.149. The summed E-state index contributed by atoms with van der Waals surface area (Å²) in [5.41, 5.74) is 11.9. The highest BCUT2D eigenvalue weighted by Crippen LogP contribution is 2.30. The van der Waals surface area contributed by atoms with E-state index in [2.05, 4.69) is 47.2 Å². The molecule has 0 unspecified atom stereocenters. The molecule has 0 saturated carbocycles. The number of aromatic nitrogens is 6. The molecular formula is C32H31Br2F10N10O2+. The van der Waals surface area contributed by atoms with Gasteiger partial charge >= 0.3 is 12.5 Å². The van der Waals surface area contributed by atoms with Gasteiger partial charge in [-0.3, -0.25) is 9.59 Å². The van der Waals surface area contributed by atoms with Gasteiger partial charge in [0.25, 0.3) is 5.82 Å². The van der Waals surface area contributed by atoms with Crippen molar-refractivity contribution in [2.45, 2.75) is 76.4 Å². The molecule has 0 bridgehead atoms. The van der Waals surface area contributed by atoms with Crippen LogP contribution in [0.3, 0.4) is 0 Å². The number of halogens is 12. The zero-order valence-corrected chi connectivity index (χ0v) is 31.9. The second-order valence-electron chi connectivity index (χ2n) is 12.9. The Balaban J connectivity index is 0.000000214. The van der Waals surface area contributed by atoms with E-state index in [1.165, 1.54) is 14.4 Å². The number of carbonyl (C=O) groups excluding carboxylic acids is 2. The molecule has 4 heterocycles. The molecule has 2 amide bonds. The van der Waals surface area contributed by atoms with Crippen molar-refractivity contribution in [3.05, 3.63) is 91.4 Å². The van der Waals surface area contributed by atoms with Crippen molar-refractivity contribution in [1.82, 2.24) is 34.3 Å². The zero-order chi connectivity index (χ0) is 41.3. The molecule has 24 heteroatoms. The summed E-state index contributed by atoms with van der Waals surface area (Å²) in [4.78, 5) is 27.5. The standard InChI is InChI=1S/C16H16BrF5N5O.C16H15BrF5N5O/c17-11-6-12(18)9(4-13(11)19)3-10(23)5-15(28)25-1-2-26-8-27(16(20,21)22)24-14(26)7-25;17-10-6-11(18)8(4-12(10)19)3-9(23)5-14(28)26-1-2-27-13(7-26)24-25-15(27)16(20,21)22/h4,6,8,10H,1-3,5,7,23H2;4,6,9H,1-3,5,7,23H2/q+1;/t10-;9-/m11/s1. The fraction of sp³-hybridized carbons (Fsp3) is 0.438. The third-order valence-corrected chi connectivity index (χ3v) is 9.95. The van der Waals surface area contributed by atoms with Crippen molar-refractivity contribution in [3.8, 4) is 0 Å². The maximum Gasteiger partial charge on any atom is 0.572 e. The molecule has 0 aliphatic carbocycles. The monoisotopic (exact) mass is 935 g/mol. The van der Waals surface area contributed by atoms with Crippen LogP contribution in [0.5, 0.6) is 0 Å². The average molecular weight is 937 g/mol. The maximum atomic E-state index is 13.9. The van der Waals surface area contributed by atoms with E-state index in [0.717, 1.165) is 35.2 Å². The number of alkyl halides is 6. The Labute approximate surface area is 327 Å². The molecule has 56 heavy (non-hydrogen) atoms. The summed E-state index contributed by atoms with van der Waals surface area (Å²) in [5, 5.41) is 10.1. The van der Waals surface area contributed by atoms with Crippen LogP contribution in [0.4, 0.5) is 43.9 Å². The number of fused-ring (bicyclic) bond motifs is 2. The van der Waals surface area contributed by atoms with Crippen LogP contribution in [0.2, 0.25) is 0 Å². The minimum absolute atomic E-state index is 0.0155. The molecule has 2 aliphatic heterocycles. The highest BCUT2D eigenvalue weighted by Gasteiger charge is 2.43. The average Bonchev–Trinajstić information content (AvgIpc) is 3.74. The first-order valence-corrected chi connectivity index (χ1v) is 18.1. The van der Waals surface area contributed by atoms with E-state index in [9.17, 15) is 53.5 Å². The lowest BCUT2D eigenvalue weighted by atomic mass is 10.0. The van der Waals surface area contributed by atoms with Crippen LogP contribution in [0.1, 0.15) is 41.4 Å². The number of hydrogen-bond donors (Lipinski definition) is 2. The molecule has 0 spiro atoms. The Morgan fingerprint density at radius 1 is 0.750 bits per heavy atom. The van der Waals surface area contributed by atoms with E-state index < -0.39 is 65.5 Å². The van der Waals surface area contributed by atoms with Crippen LogP contribution in [0.25, 0.3) is 0 Å². The molecule has 0 fully saturated rings. The van der Waals surface area contributed by atoms with E-state index in [4.69, 9.17) is 11.5 Å². The normalized spacial score (nSPS) is 15.5. The van der Waals surface area contributed by atoms with Gasteiger partial charge in [0.2, 0.25) is 24.0 Å². The van der Waals surface area contributed by atoms with Crippen LogP contribution < -0.4 is 16.0 Å². The molecule has 2 aromatic carbocycles. The molecule has 0 saturated heterocycles. The summed E-state index contributed by atoms with van der Waals surface area (Å²) in [5.74, 6) is -4.35. The summed E-state index contributed by atoms with van der Waals surface area (Å²) < 4.78 is 134. The first-order chi connectivity index (χ1) is 26.1. The topological polar surface area (TPSA) is 145 Å². The maximum absolute atomic E-state index is 13.9. The van der Waals surface area contributed by atoms with E-state index in [1.807, 2.05) is 0 Å². The number of rotatable bonds is 8. The summed E-state index contributed by atoms with van der Waals surface area (Å²) in [6, 6.07) is 2.43. The second-order valence-corrected chi connectivity index (χ2v) is 14.6. The van der Waals surface area contributed by atoms with Crippen molar-refractivity contribution >= 4 is 43.7 Å². The second kappa shape index (κ2) is 17.1. The molecular weight excluding hydrogens is 906 g/mol. The van der Waals surface area contributed by atoms with Gasteiger partial charge in [0.15, 0.2) is 5.82 Å². The minimum atomic E-state index is -4.63. The highest BCUT2D eigenvalue weighted by atomic mass is 79.9. The molecule has 2 aliphatic rings. The van der Waals surface area contributed by atoms with Gasteiger partial charge < -0.3 is 25.8 Å². The van der Waals surface area contributed by atoms with Crippen LogP contribution in [0.15, 0.2) is 39.5 Å². The fourth-order valence-corrected chi connectivity index (χ4v) is 6.60. The summed E-state index contributed by atoms with van der Waals surface area (Å²) in [6.45, 7) is 0.102. The van der Waals surface area contributed by atoms with Gasteiger partial charge in [-0.1, -0.05) is 0 Å². The van der Waals surface area contributed by atoms with Crippen molar-refractivity contribution in [3.63, 3.8) is 0 Å². The minimum Gasteiger partial charge on any atom is -0.333 e. The van der Waals surface area contributed by atoms with Crippen LogP contribution in [0, 0.1) is 23.3 Å². The van der Waals surface area contributed by atoms with E-state index in [-0.39, 0.29) is 101 Å². The first kappa shape index (κ1) is 43.0. The molecule has 0 radical (unpaired) electrons. The lowest BCUT2D eigenvalue weighted by Crippen LogP contribution is -2.51. The lowest BCUT2D eigenvalue weighted by molar-refractivity contribution is -0.712. The van der Waals surface area contributed by atoms with E-state index in [0.29, 0.717) is 0 Å². The van der Waals surface area contributed by atoms with Gasteiger partial charge in [-0.25, -0.2) is 22.1 Å². The smallest absolute Gasteiger partial charge is 0.333 e. The van der Waals surface area contributed by atoms with Crippen molar-refractivity contribution < 1.29 is 58.1 Å². The van der Waals surface area contributed by atoms with Crippen molar-refractivity contribution in [2.24, 2.45) is 11.5 Å². The van der Waals surface area contributed by atoms with Gasteiger partial charge in [0, 0.05) is 38.0 Å². The fourth-order valence-electron chi connectivity index (χ4n) is 5.97. The number of hydrogen-bond acceptors (Lipinski definition) is 7. The molecule has 6 rings (SSSR count). The SMILES string of the molecule is N[C@@H](CC(=O)N1CC[n+]2cn(C(F)(F)F)nc2C1)Cc1cc(F)c(Br)cc1F.N[C@@H](CC(=O)N1CCn2c(nnc2C(F)(F)F)C1)Cc1cc(F)c(Br)cc1F. The molecule has 4 N–H and O–H groups in total. The van der Waals surface area contributed by atoms with Crippen LogP contribution in [-0.2, 0) is 61.1 Å². The third kappa shape index (κ3) is 10.4. The molecule has 2 aromatic heterocycles. The van der Waals surface area contributed by atoms with Gasteiger partial charge in [-0.2, -0.15) is 13.2 Å². The van der Waals surface area contributed by atoms with Crippen LogP contribution in [-0.4, -0.2) is 71.3 Å². The number of nitrogens with zero attached hydrogens (tertiary/aromatic N) is 8. The van der Waals surface area contributed by atoms with Gasteiger partial charge in [-0.05, 0) is 84.8 Å². The van der Waals surface area contributed by atoms with Gasteiger partial charge in [0.1, 0.15) is 29.8 Å². The number of amides is 2. The van der Waals surface area contributed by atoms with E-state index >= 15 is 0 Å². The Morgan fingerprint density at radius 2 is 1.27 bits per heavy atom. The van der Waals surface area contributed by atoms with Gasteiger partial charge in [0.05, 0.1) is 33.7 Å². The first-order valence-electron chi connectivity index (χ1n) is 16.5.